The molecule has 5 heteroatoms. The van der Waals surface area contributed by atoms with Gasteiger partial charge in [-0.2, -0.15) is 0 Å². The number of aryl methyl sites for hydroxylation is 1. The molecule has 0 spiro atoms. The van der Waals surface area contributed by atoms with E-state index in [1.165, 1.54) is 5.69 Å². The molecule has 3 rings (SSSR count). The number of ether oxygens (including phenoxy) is 2. The van der Waals surface area contributed by atoms with Crippen LogP contribution in [0, 0.1) is 6.92 Å². The molecule has 0 saturated carbocycles. The minimum Gasteiger partial charge on any atom is -0.496 e. The van der Waals surface area contributed by atoms with Crippen molar-refractivity contribution >= 4 is 15.9 Å². The van der Waals surface area contributed by atoms with Crippen molar-refractivity contribution in [3.8, 4) is 17.1 Å². The summed E-state index contributed by atoms with van der Waals surface area (Å²) in [6, 6.07) is 6.18. The van der Waals surface area contributed by atoms with Gasteiger partial charge < -0.3 is 14.0 Å². The van der Waals surface area contributed by atoms with Gasteiger partial charge in [0.2, 0.25) is 0 Å². The minimum atomic E-state index is 0.199. The zero-order valence-corrected chi connectivity index (χ0v) is 14.1. The van der Waals surface area contributed by atoms with E-state index < -0.39 is 0 Å². The zero-order valence-electron chi connectivity index (χ0n) is 12.5. The lowest BCUT2D eigenvalue weighted by molar-refractivity contribution is 0.0666. The van der Waals surface area contributed by atoms with Gasteiger partial charge in [0.25, 0.3) is 0 Å². The first-order valence-electron chi connectivity index (χ1n) is 7.11. The van der Waals surface area contributed by atoms with Crippen molar-refractivity contribution in [2.24, 2.45) is 0 Å². The normalized spacial score (nSPS) is 18.2. The SMILES string of the molecule is COc1ccc(-c2nc(Br)c3n2C[C@@H](C)OCC3)cc1C. The molecule has 4 nitrogen and oxygen atoms in total. The Morgan fingerprint density at radius 3 is 2.95 bits per heavy atom. The Hall–Kier alpha value is -1.33. The highest BCUT2D eigenvalue weighted by molar-refractivity contribution is 9.10. The van der Waals surface area contributed by atoms with Gasteiger partial charge in [-0.1, -0.05) is 0 Å². The highest BCUT2D eigenvalue weighted by Crippen LogP contribution is 2.31. The Morgan fingerprint density at radius 1 is 1.43 bits per heavy atom. The molecule has 1 aromatic heterocycles. The third-order valence-corrected chi connectivity index (χ3v) is 4.49. The Balaban J connectivity index is 2.09. The molecular weight excluding hydrogens is 332 g/mol. The average molecular weight is 351 g/mol. The van der Waals surface area contributed by atoms with Gasteiger partial charge >= 0.3 is 0 Å². The fourth-order valence-corrected chi connectivity index (χ4v) is 3.38. The summed E-state index contributed by atoms with van der Waals surface area (Å²) in [5.41, 5.74) is 3.43. The molecule has 1 aromatic carbocycles. The van der Waals surface area contributed by atoms with Crippen molar-refractivity contribution in [2.75, 3.05) is 13.7 Å². The predicted octanol–water partition coefficient (Wildman–Crippen LogP) is 3.59. The number of methoxy groups -OCH3 is 1. The van der Waals surface area contributed by atoms with Crippen LogP contribution >= 0.6 is 15.9 Å². The maximum atomic E-state index is 5.76. The van der Waals surface area contributed by atoms with Crippen molar-refractivity contribution in [1.82, 2.24) is 9.55 Å². The number of aromatic nitrogens is 2. The number of imidazole rings is 1. The average Bonchev–Trinajstić information content (AvgIpc) is 2.65. The molecule has 0 N–H and O–H groups in total. The van der Waals surface area contributed by atoms with Crippen LogP contribution in [0.15, 0.2) is 22.8 Å². The summed E-state index contributed by atoms with van der Waals surface area (Å²) in [7, 11) is 1.69. The molecule has 2 heterocycles. The predicted molar refractivity (Wildman–Crippen MR) is 85.8 cm³/mol. The lowest BCUT2D eigenvalue weighted by Crippen LogP contribution is -2.15. The largest absolute Gasteiger partial charge is 0.496 e. The molecule has 0 radical (unpaired) electrons. The van der Waals surface area contributed by atoms with Crippen LogP contribution in [0.5, 0.6) is 5.75 Å². The molecule has 21 heavy (non-hydrogen) atoms. The quantitative estimate of drug-likeness (QED) is 0.830. The van der Waals surface area contributed by atoms with Crippen molar-refractivity contribution in [3.05, 3.63) is 34.1 Å². The summed E-state index contributed by atoms with van der Waals surface area (Å²) < 4.78 is 14.3. The second kappa shape index (κ2) is 5.81. The topological polar surface area (TPSA) is 36.3 Å². The lowest BCUT2D eigenvalue weighted by Gasteiger charge is -2.13. The van der Waals surface area contributed by atoms with Crippen LogP contribution in [0.2, 0.25) is 0 Å². The highest BCUT2D eigenvalue weighted by atomic mass is 79.9. The van der Waals surface area contributed by atoms with E-state index >= 15 is 0 Å². The zero-order chi connectivity index (χ0) is 15.0. The number of rotatable bonds is 2. The van der Waals surface area contributed by atoms with E-state index in [9.17, 15) is 0 Å². The van der Waals surface area contributed by atoms with Crippen LogP contribution in [-0.4, -0.2) is 29.4 Å². The second-order valence-corrected chi connectivity index (χ2v) is 6.15. The molecule has 0 amide bonds. The first-order valence-corrected chi connectivity index (χ1v) is 7.91. The summed E-state index contributed by atoms with van der Waals surface area (Å²) >= 11 is 3.59. The van der Waals surface area contributed by atoms with Gasteiger partial charge in [-0.05, 0) is 53.5 Å². The van der Waals surface area contributed by atoms with Crippen molar-refractivity contribution in [2.45, 2.75) is 32.9 Å². The number of hydrogen-bond donors (Lipinski definition) is 0. The van der Waals surface area contributed by atoms with Gasteiger partial charge in [-0.3, -0.25) is 0 Å². The third-order valence-electron chi connectivity index (χ3n) is 3.86. The third kappa shape index (κ3) is 2.72. The van der Waals surface area contributed by atoms with Crippen LogP contribution < -0.4 is 4.74 Å². The molecule has 0 fully saturated rings. The van der Waals surface area contributed by atoms with E-state index in [0.29, 0.717) is 0 Å². The first-order chi connectivity index (χ1) is 10.1. The molecular formula is C16H19BrN2O2. The fourth-order valence-electron chi connectivity index (χ4n) is 2.80. The van der Waals surface area contributed by atoms with Crippen LogP contribution in [0.3, 0.4) is 0 Å². The Kier molecular flexibility index (Phi) is 4.04. The molecule has 0 aliphatic carbocycles. The van der Waals surface area contributed by atoms with Gasteiger partial charge in [-0.15, -0.1) is 0 Å². The molecule has 1 aliphatic heterocycles. The molecule has 2 aromatic rings. The number of fused-ring (bicyclic) bond motifs is 1. The Labute approximate surface area is 133 Å². The molecule has 0 unspecified atom stereocenters. The highest BCUT2D eigenvalue weighted by Gasteiger charge is 2.21. The summed E-state index contributed by atoms with van der Waals surface area (Å²) in [6.45, 7) is 5.72. The standard InChI is InChI=1S/C16H19BrN2O2/c1-10-8-12(4-5-14(10)20-3)16-18-15(17)13-6-7-21-11(2)9-19(13)16/h4-5,8,11H,6-7,9H2,1-3H3/t11-/m1/s1. The molecule has 0 bridgehead atoms. The van der Waals surface area contributed by atoms with E-state index in [1.807, 2.05) is 6.07 Å². The molecule has 1 aliphatic rings. The van der Waals surface area contributed by atoms with Gasteiger partial charge in [0.05, 0.1) is 32.1 Å². The number of benzene rings is 1. The minimum absolute atomic E-state index is 0.199. The molecule has 1 atom stereocenters. The summed E-state index contributed by atoms with van der Waals surface area (Å²) in [5, 5.41) is 0. The van der Waals surface area contributed by atoms with E-state index in [4.69, 9.17) is 14.5 Å². The van der Waals surface area contributed by atoms with Crippen LogP contribution in [0.25, 0.3) is 11.4 Å². The monoisotopic (exact) mass is 350 g/mol. The van der Waals surface area contributed by atoms with E-state index in [2.05, 4.69) is 46.5 Å². The lowest BCUT2D eigenvalue weighted by atomic mass is 10.1. The van der Waals surface area contributed by atoms with Crippen LogP contribution in [-0.2, 0) is 17.7 Å². The van der Waals surface area contributed by atoms with Crippen molar-refractivity contribution < 1.29 is 9.47 Å². The Morgan fingerprint density at radius 2 is 2.24 bits per heavy atom. The number of hydrogen-bond acceptors (Lipinski definition) is 3. The van der Waals surface area contributed by atoms with Crippen molar-refractivity contribution in [1.29, 1.82) is 0 Å². The van der Waals surface area contributed by atoms with Gasteiger partial charge in [-0.25, -0.2) is 4.98 Å². The smallest absolute Gasteiger partial charge is 0.141 e. The molecule has 0 saturated heterocycles. The van der Waals surface area contributed by atoms with Gasteiger partial charge in [0.1, 0.15) is 16.2 Å². The Bertz CT molecular complexity index is 667. The second-order valence-electron chi connectivity index (χ2n) is 5.40. The summed E-state index contributed by atoms with van der Waals surface area (Å²) in [4.78, 5) is 4.72. The van der Waals surface area contributed by atoms with Crippen molar-refractivity contribution in [3.63, 3.8) is 0 Å². The van der Waals surface area contributed by atoms with Crippen LogP contribution in [0.1, 0.15) is 18.2 Å². The van der Waals surface area contributed by atoms with E-state index in [1.54, 1.807) is 7.11 Å². The van der Waals surface area contributed by atoms with E-state index in [-0.39, 0.29) is 6.10 Å². The van der Waals surface area contributed by atoms with Gasteiger partial charge in [0, 0.05) is 12.0 Å². The molecule has 112 valence electrons. The summed E-state index contributed by atoms with van der Waals surface area (Å²) in [6.07, 6.45) is 1.08. The fraction of sp³-hybridized carbons (Fsp3) is 0.438. The number of nitrogens with zero attached hydrogens (tertiary/aromatic N) is 2. The first kappa shape index (κ1) is 14.6. The maximum absolute atomic E-state index is 5.76. The summed E-state index contributed by atoms with van der Waals surface area (Å²) in [5.74, 6) is 1.89. The van der Waals surface area contributed by atoms with E-state index in [0.717, 1.165) is 46.9 Å². The maximum Gasteiger partial charge on any atom is 0.141 e. The number of halogens is 1. The van der Waals surface area contributed by atoms with Gasteiger partial charge in [0.15, 0.2) is 0 Å². The van der Waals surface area contributed by atoms with Crippen LogP contribution in [0.4, 0.5) is 0 Å².